The summed E-state index contributed by atoms with van der Waals surface area (Å²) in [5, 5.41) is 9.85. The Hall–Kier alpha value is -1.12. The van der Waals surface area contributed by atoms with Crippen LogP contribution in [0, 0.1) is 0 Å². The van der Waals surface area contributed by atoms with E-state index >= 15 is 0 Å². The zero-order valence-corrected chi connectivity index (χ0v) is 11.2. The van der Waals surface area contributed by atoms with Gasteiger partial charge in [0.1, 0.15) is 0 Å². The summed E-state index contributed by atoms with van der Waals surface area (Å²) in [6.45, 7) is 0. The predicted octanol–water partition coefficient (Wildman–Crippen LogP) is 1.52. The monoisotopic (exact) mass is 309 g/mol. The molecule has 0 aliphatic heterocycles. The van der Waals surface area contributed by atoms with Crippen LogP contribution in [0.15, 0.2) is 24.3 Å². The lowest BCUT2D eigenvalue weighted by Crippen LogP contribution is -2.36. The topological polar surface area (TPSA) is 66.4 Å². The normalized spacial score (nSPS) is 22.8. The number of rotatable bonds is 4. The van der Waals surface area contributed by atoms with Crippen molar-refractivity contribution in [2.75, 3.05) is 5.75 Å². The first kappa shape index (κ1) is 15.3. The van der Waals surface area contributed by atoms with E-state index in [2.05, 4.69) is 4.72 Å². The maximum absolute atomic E-state index is 12.1. The van der Waals surface area contributed by atoms with Crippen molar-refractivity contribution in [1.29, 1.82) is 0 Å². The molecule has 0 bridgehead atoms. The van der Waals surface area contributed by atoms with Crippen LogP contribution in [0.1, 0.15) is 23.6 Å². The molecule has 0 heterocycles. The standard InChI is InChI=1S/C12H14F3NO3S/c13-12(14,15)5-6-20(18,19)16-11-9-4-2-1-3-8(9)7-10(11)17/h1-4,10-11,16-17H,5-7H2/t10-,11+/m1/s1. The van der Waals surface area contributed by atoms with Crippen molar-refractivity contribution in [3.63, 3.8) is 0 Å². The van der Waals surface area contributed by atoms with Crippen LogP contribution in [0.4, 0.5) is 13.2 Å². The van der Waals surface area contributed by atoms with E-state index in [0.717, 1.165) is 5.56 Å². The van der Waals surface area contributed by atoms with E-state index < -0.39 is 40.5 Å². The number of hydrogen-bond donors (Lipinski definition) is 2. The number of benzene rings is 1. The van der Waals surface area contributed by atoms with Gasteiger partial charge in [-0.05, 0) is 11.1 Å². The molecule has 2 N–H and O–H groups in total. The van der Waals surface area contributed by atoms with Gasteiger partial charge in [0, 0.05) is 6.42 Å². The molecule has 0 fully saturated rings. The molecular weight excluding hydrogens is 295 g/mol. The van der Waals surface area contributed by atoms with Crippen LogP contribution in [0.25, 0.3) is 0 Å². The summed E-state index contributed by atoms with van der Waals surface area (Å²) in [7, 11) is -4.10. The zero-order valence-electron chi connectivity index (χ0n) is 10.4. The lowest BCUT2D eigenvalue weighted by molar-refractivity contribution is -0.130. The van der Waals surface area contributed by atoms with Crippen molar-refractivity contribution >= 4 is 10.0 Å². The molecule has 1 aliphatic carbocycles. The van der Waals surface area contributed by atoms with E-state index in [1.54, 1.807) is 24.3 Å². The van der Waals surface area contributed by atoms with Gasteiger partial charge in [0.05, 0.1) is 24.3 Å². The van der Waals surface area contributed by atoms with Crippen molar-refractivity contribution in [1.82, 2.24) is 4.72 Å². The molecule has 2 atom stereocenters. The second-order valence-corrected chi connectivity index (χ2v) is 6.62. The van der Waals surface area contributed by atoms with Gasteiger partial charge in [-0.2, -0.15) is 13.2 Å². The number of alkyl halides is 3. The number of sulfonamides is 1. The SMILES string of the molecule is O=S(=O)(CCC(F)(F)F)N[C@H]1c2ccccc2C[C@H]1O. The number of fused-ring (bicyclic) bond motifs is 1. The van der Waals surface area contributed by atoms with Crippen LogP contribution in [0.2, 0.25) is 0 Å². The highest BCUT2D eigenvalue weighted by atomic mass is 32.2. The fraction of sp³-hybridized carbons (Fsp3) is 0.500. The Morgan fingerprint density at radius 2 is 1.95 bits per heavy atom. The van der Waals surface area contributed by atoms with Gasteiger partial charge in [0.2, 0.25) is 10.0 Å². The maximum atomic E-state index is 12.1. The smallest absolute Gasteiger partial charge is 0.390 e. The molecule has 2 rings (SSSR count). The van der Waals surface area contributed by atoms with Gasteiger partial charge in [-0.1, -0.05) is 24.3 Å². The van der Waals surface area contributed by atoms with Crippen molar-refractivity contribution in [3.05, 3.63) is 35.4 Å². The molecule has 8 heteroatoms. The Balaban J connectivity index is 2.10. The molecule has 20 heavy (non-hydrogen) atoms. The first-order valence-electron chi connectivity index (χ1n) is 6.00. The minimum atomic E-state index is -4.53. The Morgan fingerprint density at radius 3 is 2.60 bits per heavy atom. The molecule has 0 spiro atoms. The quantitative estimate of drug-likeness (QED) is 0.886. The van der Waals surface area contributed by atoms with Gasteiger partial charge in [-0.3, -0.25) is 0 Å². The number of halogens is 3. The van der Waals surface area contributed by atoms with E-state index in [-0.39, 0.29) is 6.42 Å². The second kappa shape index (κ2) is 5.34. The minimum Gasteiger partial charge on any atom is -0.391 e. The van der Waals surface area contributed by atoms with Crippen molar-refractivity contribution in [2.24, 2.45) is 0 Å². The Kier molecular flexibility index (Phi) is 4.08. The minimum absolute atomic E-state index is 0.280. The van der Waals surface area contributed by atoms with E-state index in [1.165, 1.54) is 0 Å². The van der Waals surface area contributed by atoms with E-state index in [0.29, 0.717) is 5.56 Å². The van der Waals surface area contributed by atoms with Crippen LogP contribution in [0.5, 0.6) is 0 Å². The van der Waals surface area contributed by atoms with Crippen molar-refractivity contribution in [2.45, 2.75) is 31.2 Å². The summed E-state index contributed by atoms with van der Waals surface area (Å²) < 4.78 is 61.7. The zero-order chi connectivity index (χ0) is 15.0. The Labute approximate surface area is 114 Å². The molecule has 1 aromatic carbocycles. The number of aliphatic hydroxyl groups excluding tert-OH is 1. The maximum Gasteiger partial charge on any atom is 0.390 e. The van der Waals surface area contributed by atoms with E-state index in [9.17, 15) is 26.7 Å². The summed E-state index contributed by atoms with van der Waals surface area (Å²) in [6.07, 6.45) is -6.62. The molecule has 0 saturated carbocycles. The third-order valence-corrected chi connectivity index (χ3v) is 4.52. The molecule has 0 saturated heterocycles. The molecule has 0 amide bonds. The number of hydrogen-bond acceptors (Lipinski definition) is 3. The highest BCUT2D eigenvalue weighted by Gasteiger charge is 2.35. The van der Waals surface area contributed by atoms with Crippen LogP contribution < -0.4 is 4.72 Å². The molecule has 1 aliphatic rings. The molecule has 1 aromatic rings. The summed E-state index contributed by atoms with van der Waals surface area (Å²) in [5.74, 6) is -1.04. The molecule has 0 radical (unpaired) electrons. The molecular formula is C12H14F3NO3S. The van der Waals surface area contributed by atoms with Crippen LogP contribution in [0.3, 0.4) is 0 Å². The second-order valence-electron chi connectivity index (χ2n) is 4.75. The van der Waals surface area contributed by atoms with Gasteiger partial charge < -0.3 is 5.11 Å². The predicted molar refractivity (Wildman–Crippen MR) is 66.5 cm³/mol. The summed E-state index contributed by atoms with van der Waals surface area (Å²) in [6, 6.07) is 5.97. The fourth-order valence-electron chi connectivity index (χ4n) is 2.22. The van der Waals surface area contributed by atoms with Crippen LogP contribution >= 0.6 is 0 Å². The van der Waals surface area contributed by atoms with Gasteiger partial charge in [0.15, 0.2) is 0 Å². The van der Waals surface area contributed by atoms with Gasteiger partial charge >= 0.3 is 6.18 Å². The molecule has 112 valence electrons. The van der Waals surface area contributed by atoms with E-state index in [4.69, 9.17) is 0 Å². The lowest BCUT2D eigenvalue weighted by atomic mass is 10.1. The Morgan fingerprint density at radius 1 is 1.30 bits per heavy atom. The largest absolute Gasteiger partial charge is 0.391 e. The molecule has 0 unspecified atom stereocenters. The Bertz CT molecular complexity index is 586. The van der Waals surface area contributed by atoms with Gasteiger partial charge in [0.25, 0.3) is 0 Å². The first-order chi connectivity index (χ1) is 9.18. The third kappa shape index (κ3) is 3.71. The third-order valence-electron chi connectivity index (χ3n) is 3.16. The van der Waals surface area contributed by atoms with Crippen molar-refractivity contribution in [3.8, 4) is 0 Å². The lowest BCUT2D eigenvalue weighted by Gasteiger charge is -2.18. The first-order valence-corrected chi connectivity index (χ1v) is 7.66. The highest BCUT2D eigenvalue weighted by molar-refractivity contribution is 7.89. The average Bonchev–Trinajstić information content (AvgIpc) is 2.63. The number of nitrogens with one attached hydrogen (secondary N) is 1. The summed E-state index contributed by atoms with van der Waals surface area (Å²) in [4.78, 5) is 0. The molecule has 0 aromatic heterocycles. The average molecular weight is 309 g/mol. The summed E-state index contributed by atoms with van der Waals surface area (Å²) in [5.41, 5.74) is 1.40. The fourth-order valence-corrected chi connectivity index (χ4v) is 3.51. The summed E-state index contributed by atoms with van der Waals surface area (Å²) >= 11 is 0. The highest BCUT2D eigenvalue weighted by Crippen LogP contribution is 2.32. The number of aliphatic hydroxyl groups is 1. The van der Waals surface area contributed by atoms with Crippen LogP contribution in [-0.4, -0.2) is 31.6 Å². The molecule has 4 nitrogen and oxygen atoms in total. The van der Waals surface area contributed by atoms with E-state index in [1.807, 2.05) is 0 Å². The van der Waals surface area contributed by atoms with Gasteiger partial charge in [-0.15, -0.1) is 0 Å². The van der Waals surface area contributed by atoms with Crippen molar-refractivity contribution < 1.29 is 26.7 Å². The van der Waals surface area contributed by atoms with Gasteiger partial charge in [-0.25, -0.2) is 13.1 Å². The van der Waals surface area contributed by atoms with Crippen LogP contribution in [-0.2, 0) is 16.4 Å².